The fourth-order valence-electron chi connectivity index (χ4n) is 2.68. The molecular formula is C15H20BrN5. The van der Waals surface area contributed by atoms with Crippen molar-refractivity contribution in [1.29, 1.82) is 0 Å². The maximum Gasteiger partial charge on any atom is 0.100 e. The molecule has 2 heterocycles. The van der Waals surface area contributed by atoms with Gasteiger partial charge in [-0.25, -0.2) is 4.68 Å². The first-order valence-corrected chi connectivity index (χ1v) is 8.08. The van der Waals surface area contributed by atoms with Crippen LogP contribution >= 0.6 is 15.9 Å². The summed E-state index contributed by atoms with van der Waals surface area (Å²) in [5, 5.41) is 8.66. The van der Waals surface area contributed by atoms with E-state index in [4.69, 9.17) is 5.73 Å². The minimum Gasteiger partial charge on any atom is -0.328 e. The van der Waals surface area contributed by atoms with E-state index in [2.05, 4.69) is 38.1 Å². The molecule has 2 N–H and O–H groups in total. The maximum absolute atomic E-state index is 5.95. The Bertz CT molecular complexity index is 616. The first-order chi connectivity index (χ1) is 10.1. The monoisotopic (exact) mass is 349 g/mol. The van der Waals surface area contributed by atoms with Crippen molar-refractivity contribution in [2.45, 2.75) is 32.4 Å². The van der Waals surface area contributed by atoms with E-state index < -0.39 is 0 Å². The molecule has 5 nitrogen and oxygen atoms in total. The van der Waals surface area contributed by atoms with Gasteiger partial charge in [0.2, 0.25) is 0 Å². The molecular weight excluding hydrogens is 330 g/mol. The molecule has 1 fully saturated rings. The highest BCUT2D eigenvalue weighted by atomic mass is 79.9. The van der Waals surface area contributed by atoms with Crippen LogP contribution in [-0.4, -0.2) is 39.0 Å². The molecule has 0 atom stereocenters. The molecule has 2 aromatic rings. The first kappa shape index (κ1) is 14.7. The number of hydrogen-bond donors (Lipinski definition) is 1. The Morgan fingerprint density at radius 1 is 1.33 bits per heavy atom. The molecule has 0 spiro atoms. The topological polar surface area (TPSA) is 60.0 Å². The van der Waals surface area contributed by atoms with Gasteiger partial charge in [0.1, 0.15) is 5.69 Å². The molecule has 112 valence electrons. The number of halogens is 1. The standard InChI is InChI=1S/C15H20BrN5/c1-11-15(10-20-7-5-13(17)6-8-20)18-19-21(11)14-4-2-3-12(16)9-14/h2-4,9,13H,5-8,10,17H2,1H3. The number of rotatable bonds is 3. The van der Waals surface area contributed by atoms with Crippen LogP contribution in [0.25, 0.3) is 5.69 Å². The lowest BCUT2D eigenvalue weighted by Crippen LogP contribution is -2.39. The number of likely N-dealkylation sites (tertiary alicyclic amines) is 1. The largest absolute Gasteiger partial charge is 0.328 e. The van der Waals surface area contributed by atoms with Gasteiger partial charge < -0.3 is 5.73 Å². The second-order valence-corrected chi connectivity index (χ2v) is 6.54. The van der Waals surface area contributed by atoms with Crippen molar-refractivity contribution in [3.8, 4) is 5.69 Å². The van der Waals surface area contributed by atoms with Gasteiger partial charge in [0.15, 0.2) is 0 Å². The number of piperidine rings is 1. The van der Waals surface area contributed by atoms with Crippen LogP contribution in [0.5, 0.6) is 0 Å². The van der Waals surface area contributed by atoms with Gasteiger partial charge in [-0.1, -0.05) is 27.2 Å². The quantitative estimate of drug-likeness (QED) is 0.923. The Balaban J connectivity index is 1.76. The van der Waals surface area contributed by atoms with E-state index in [-0.39, 0.29) is 0 Å². The molecule has 1 aromatic heterocycles. The van der Waals surface area contributed by atoms with Gasteiger partial charge >= 0.3 is 0 Å². The third-order valence-electron chi connectivity index (χ3n) is 4.05. The maximum atomic E-state index is 5.95. The van der Waals surface area contributed by atoms with E-state index in [1.807, 2.05) is 28.9 Å². The lowest BCUT2D eigenvalue weighted by molar-refractivity contribution is 0.203. The summed E-state index contributed by atoms with van der Waals surface area (Å²) in [6.07, 6.45) is 2.14. The number of hydrogen-bond acceptors (Lipinski definition) is 4. The number of nitrogens with two attached hydrogens (primary N) is 1. The van der Waals surface area contributed by atoms with E-state index >= 15 is 0 Å². The van der Waals surface area contributed by atoms with Crippen molar-refractivity contribution >= 4 is 15.9 Å². The third-order valence-corrected chi connectivity index (χ3v) is 4.54. The van der Waals surface area contributed by atoms with Crippen LogP contribution < -0.4 is 5.73 Å². The SMILES string of the molecule is Cc1c(CN2CCC(N)CC2)nnn1-c1cccc(Br)c1. The molecule has 1 saturated heterocycles. The van der Waals surface area contributed by atoms with Crippen LogP contribution in [-0.2, 0) is 6.54 Å². The average molecular weight is 350 g/mol. The molecule has 0 amide bonds. The van der Waals surface area contributed by atoms with Gasteiger partial charge in [0.25, 0.3) is 0 Å². The highest BCUT2D eigenvalue weighted by Crippen LogP contribution is 2.19. The second-order valence-electron chi connectivity index (χ2n) is 5.63. The van der Waals surface area contributed by atoms with Gasteiger partial charge in [-0.3, -0.25) is 4.90 Å². The molecule has 0 unspecified atom stereocenters. The van der Waals surface area contributed by atoms with E-state index in [0.29, 0.717) is 6.04 Å². The molecule has 1 aliphatic rings. The van der Waals surface area contributed by atoms with Crippen LogP contribution in [0.4, 0.5) is 0 Å². The summed E-state index contributed by atoms with van der Waals surface area (Å²) in [7, 11) is 0. The Hall–Kier alpha value is -1.24. The van der Waals surface area contributed by atoms with Gasteiger partial charge in [-0.15, -0.1) is 5.10 Å². The fraction of sp³-hybridized carbons (Fsp3) is 0.467. The molecule has 3 rings (SSSR count). The molecule has 0 radical (unpaired) electrons. The zero-order valence-electron chi connectivity index (χ0n) is 12.2. The van der Waals surface area contributed by atoms with Gasteiger partial charge in [0.05, 0.1) is 11.4 Å². The van der Waals surface area contributed by atoms with Crippen molar-refractivity contribution in [2.75, 3.05) is 13.1 Å². The van der Waals surface area contributed by atoms with Crippen molar-refractivity contribution in [3.05, 3.63) is 40.1 Å². The van der Waals surface area contributed by atoms with Crippen molar-refractivity contribution in [1.82, 2.24) is 19.9 Å². The Morgan fingerprint density at radius 2 is 2.10 bits per heavy atom. The van der Waals surface area contributed by atoms with Crippen LogP contribution in [0.3, 0.4) is 0 Å². The highest BCUT2D eigenvalue weighted by Gasteiger charge is 2.19. The van der Waals surface area contributed by atoms with Crippen molar-refractivity contribution in [2.24, 2.45) is 5.73 Å². The fourth-order valence-corrected chi connectivity index (χ4v) is 3.07. The minimum atomic E-state index is 0.361. The summed E-state index contributed by atoms with van der Waals surface area (Å²) in [4.78, 5) is 2.41. The predicted molar refractivity (Wildman–Crippen MR) is 86.3 cm³/mol. The molecule has 0 bridgehead atoms. The first-order valence-electron chi connectivity index (χ1n) is 7.28. The van der Waals surface area contributed by atoms with E-state index in [9.17, 15) is 0 Å². The normalized spacial score (nSPS) is 17.3. The van der Waals surface area contributed by atoms with E-state index in [0.717, 1.165) is 54.0 Å². The van der Waals surface area contributed by atoms with Crippen LogP contribution in [0, 0.1) is 6.92 Å². The van der Waals surface area contributed by atoms with Crippen LogP contribution in [0.1, 0.15) is 24.2 Å². The summed E-state index contributed by atoms with van der Waals surface area (Å²) in [6.45, 7) is 5.02. The van der Waals surface area contributed by atoms with Gasteiger partial charge in [-0.2, -0.15) is 0 Å². The molecule has 6 heteroatoms. The van der Waals surface area contributed by atoms with Crippen molar-refractivity contribution in [3.63, 3.8) is 0 Å². The highest BCUT2D eigenvalue weighted by molar-refractivity contribution is 9.10. The number of nitrogens with zero attached hydrogens (tertiary/aromatic N) is 4. The molecule has 1 aromatic carbocycles. The summed E-state index contributed by atoms with van der Waals surface area (Å²) in [5.74, 6) is 0. The summed E-state index contributed by atoms with van der Waals surface area (Å²) in [5.41, 5.74) is 9.13. The molecule has 1 aliphatic heterocycles. The lowest BCUT2D eigenvalue weighted by Gasteiger charge is -2.29. The average Bonchev–Trinajstić information content (AvgIpc) is 2.83. The lowest BCUT2D eigenvalue weighted by atomic mass is 10.1. The summed E-state index contributed by atoms with van der Waals surface area (Å²) in [6, 6.07) is 8.46. The smallest absolute Gasteiger partial charge is 0.100 e. The summed E-state index contributed by atoms with van der Waals surface area (Å²) >= 11 is 3.49. The van der Waals surface area contributed by atoms with E-state index in [1.165, 1.54) is 0 Å². The molecule has 0 saturated carbocycles. The summed E-state index contributed by atoms with van der Waals surface area (Å²) < 4.78 is 2.94. The zero-order chi connectivity index (χ0) is 14.8. The van der Waals surface area contributed by atoms with E-state index in [1.54, 1.807) is 0 Å². The second kappa shape index (κ2) is 6.25. The predicted octanol–water partition coefficient (Wildman–Crippen LogP) is 2.26. The Morgan fingerprint density at radius 3 is 2.81 bits per heavy atom. The molecule has 0 aliphatic carbocycles. The third kappa shape index (κ3) is 3.33. The van der Waals surface area contributed by atoms with Gasteiger partial charge in [0, 0.05) is 30.1 Å². The zero-order valence-corrected chi connectivity index (χ0v) is 13.8. The van der Waals surface area contributed by atoms with Crippen LogP contribution in [0.15, 0.2) is 28.7 Å². The minimum absolute atomic E-state index is 0.361. The van der Waals surface area contributed by atoms with Crippen LogP contribution in [0.2, 0.25) is 0 Å². The van der Waals surface area contributed by atoms with Crippen molar-refractivity contribution < 1.29 is 0 Å². The van der Waals surface area contributed by atoms with Gasteiger partial charge in [-0.05, 0) is 38.0 Å². The Labute approximate surface area is 133 Å². The number of benzene rings is 1. The Kier molecular flexibility index (Phi) is 4.37. The molecule has 21 heavy (non-hydrogen) atoms. The number of aromatic nitrogens is 3.